The van der Waals surface area contributed by atoms with Crippen LogP contribution >= 0.6 is 12.4 Å². The van der Waals surface area contributed by atoms with Gasteiger partial charge in [-0.15, -0.1) is 12.4 Å². The minimum Gasteiger partial charge on any atom is -0.352 e. The lowest BCUT2D eigenvalue weighted by molar-refractivity contribution is -0.123. The number of benzene rings is 1. The predicted octanol–water partition coefficient (Wildman–Crippen LogP) is 1.62. The first-order valence-corrected chi connectivity index (χ1v) is 7.59. The van der Waals surface area contributed by atoms with Crippen molar-refractivity contribution in [3.05, 3.63) is 35.4 Å². The third-order valence-electron chi connectivity index (χ3n) is 3.65. The van der Waals surface area contributed by atoms with E-state index in [1.54, 1.807) is 12.1 Å². The van der Waals surface area contributed by atoms with Crippen LogP contribution in [-0.4, -0.2) is 30.9 Å². The second-order valence-corrected chi connectivity index (χ2v) is 5.28. The van der Waals surface area contributed by atoms with Crippen LogP contribution in [0.5, 0.6) is 0 Å². The van der Waals surface area contributed by atoms with E-state index < -0.39 is 0 Å². The van der Waals surface area contributed by atoms with Gasteiger partial charge in [0, 0.05) is 18.7 Å². The maximum absolute atomic E-state index is 12.0. The molecule has 2 rings (SSSR count). The zero-order valence-electron chi connectivity index (χ0n) is 12.9. The minimum atomic E-state index is -0.0699. The van der Waals surface area contributed by atoms with Gasteiger partial charge in [-0.3, -0.25) is 9.59 Å². The van der Waals surface area contributed by atoms with Crippen LogP contribution in [-0.2, 0) is 11.3 Å². The molecule has 1 fully saturated rings. The van der Waals surface area contributed by atoms with E-state index in [9.17, 15) is 9.59 Å². The Bertz CT molecular complexity index is 485. The van der Waals surface area contributed by atoms with Crippen LogP contribution in [0.25, 0.3) is 0 Å². The first kappa shape index (κ1) is 18.5. The molecule has 2 amide bonds. The van der Waals surface area contributed by atoms with E-state index >= 15 is 0 Å². The lowest BCUT2D eigenvalue weighted by Crippen LogP contribution is -2.46. The standard InChI is InChI=1S/C16H23N3O2.ClH/c1-2-17-15(20)13-8-6-12(7-9-13)11-19-16(21)14-5-3-4-10-18-14;/h6-9,14,18H,2-5,10-11H2,1H3,(H,17,20)(H,19,21);1H. The third kappa shape index (κ3) is 5.31. The van der Waals surface area contributed by atoms with Gasteiger partial charge in [0.1, 0.15) is 0 Å². The van der Waals surface area contributed by atoms with Gasteiger partial charge >= 0.3 is 0 Å². The molecule has 1 saturated heterocycles. The molecule has 22 heavy (non-hydrogen) atoms. The smallest absolute Gasteiger partial charge is 0.251 e. The van der Waals surface area contributed by atoms with Crippen LogP contribution in [0, 0.1) is 0 Å². The summed E-state index contributed by atoms with van der Waals surface area (Å²) in [5.74, 6) is -0.0120. The number of piperidine rings is 1. The summed E-state index contributed by atoms with van der Waals surface area (Å²) in [6.07, 6.45) is 3.15. The molecule has 122 valence electrons. The van der Waals surface area contributed by atoms with Crippen LogP contribution in [0.3, 0.4) is 0 Å². The summed E-state index contributed by atoms with van der Waals surface area (Å²) >= 11 is 0. The Morgan fingerprint density at radius 2 is 1.91 bits per heavy atom. The van der Waals surface area contributed by atoms with E-state index in [1.807, 2.05) is 19.1 Å². The fourth-order valence-corrected chi connectivity index (χ4v) is 2.42. The Morgan fingerprint density at radius 3 is 2.50 bits per heavy atom. The van der Waals surface area contributed by atoms with Gasteiger partial charge in [-0.1, -0.05) is 18.6 Å². The highest BCUT2D eigenvalue weighted by atomic mass is 35.5. The van der Waals surface area contributed by atoms with Crippen molar-refractivity contribution in [1.29, 1.82) is 0 Å². The molecule has 1 heterocycles. The Balaban J connectivity index is 0.00000242. The van der Waals surface area contributed by atoms with E-state index in [1.165, 1.54) is 0 Å². The average molecular weight is 326 g/mol. The van der Waals surface area contributed by atoms with Crippen molar-refractivity contribution >= 4 is 24.2 Å². The Labute approximate surface area is 137 Å². The van der Waals surface area contributed by atoms with E-state index in [0.29, 0.717) is 18.7 Å². The molecule has 1 aliphatic rings. The van der Waals surface area contributed by atoms with Gasteiger partial charge in [0.05, 0.1) is 6.04 Å². The lowest BCUT2D eigenvalue weighted by atomic mass is 10.0. The molecule has 1 unspecified atom stereocenters. The SMILES string of the molecule is CCNC(=O)c1ccc(CNC(=O)C2CCCCN2)cc1.Cl. The van der Waals surface area contributed by atoms with Crippen LogP contribution < -0.4 is 16.0 Å². The molecule has 0 spiro atoms. The van der Waals surface area contributed by atoms with Gasteiger partial charge in [0.2, 0.25) is 5.91 Å². The van der Waals surface area contributed by atoms with Crippen molar-refractivity contribution < 1.29 is 9.59 Å². The molecule has 5 nitrogen and oxygen atoms in total. The van der Waals surface area contributed by atoms with Gasteiger partial charge in [0.25, 0.3) is 5.91 Å². The third-order valence-corrected chi connectivity index (χ3v) is 3.65. The van der Waals surface area contributed by atoms with Crippen molar-refractivity contribution in [2.45, 2.75) is 38.8 Å². The molecule has 1 atom stereocenters. The molecule has 0 radical (unpaired) electrons. The Morgan fingerprint density at radius 1 is 1.18 bits per heavy atom. The summed E-state index contributed by atoms with van der Waals surface area (Å²) in [4.78, 5) is 23.6. The zero-order valence-corrected chi connectivity index (χ0v) is 13.7. The normalized spacial score (nSPS) is 17.2. The summed E-state index contributed by atoms with van der Waals surface area (Å²) in [5.41, 5.74) is 1.63. The topological polar surface area (TPSA) is 70.2 Å². The molecule has 0 saturated carbocycles. The highest BCUT2D eigenvalue weighted by molar-refractivity contribution is 5.94. The van der Waals surface area contributed by atoms with E-state index in [0.717, 1.165) is 31.4 Å². The van der Waals surface area contributed by atoms with Crippen molar-refractivity contribution in [1.82, 2.24) is 16.0 Å². The Kier molecular flexibility index (Phi) is 7.91. The highest BCUT2D eigenvalue weighted by Gasteiger charge is 2.19. The minimum absolute atomic E-state index is 0. The molecule has 0 aliphatic carbocycles. The van der Waals surface area contributed by atoms with Gasteiger partial charge < -0.3 is 16.0 Å². The van der Waals surface area contributed by atoms with Gasteiger partial charge in [-0.2, -0.15) is 0 Å². The summed E-state index contributed by atoms with van der Waals surface area (Å²) in [6.45, 7) is 3.91. The number of amides is 2. The molecule has 3 N–H and O–H groups in total. The van der Waals surface area contributed by atoms with Gasteiger partial charge in [-0.05, 0) is 44.0 Å². The number of nitrogens with one attached hydrogen (secondary N) is 3. The van der Waals surface area contributed by atoms with Crippen molar-refractivity contribution in [3.63, 3.8) is 0 Å². The van der Waals surface area contributed by atoms with E-state index in [2.05, 4.69) is 16.0 Å². The summed E-state index contributed by atoms with van der Waals surface area (Å²) in [7, 11) is 0. The number of hydrogen-bond donors (Lipinski definition) is 3. The monoisotopic (exact) mass is 325 g/mol. The molecule has 6 heteroatoms. The van der Waals surface area contributed by atoms with E-state index in [4.69, 9.17) is 0 Å². The van der Waals surface area contributed by atoms with Crippen molar-refractivity contribution in [2.75, 3.05) is 13.1 Å². The highest BCUT2D eigenvalue weighted by Crippen LogP contribution is 2.08. The number of rotatable bonds is 5. The van der Waals surface area contributed by atoms with Crippen LogP contribution in [0.1, 0.15) is 42.1 Å². The average Bonchev–Trinajstić information content (AvgIpc) is 2.54. The number of carbonyl (C=O) groups excluding carboxylic acids is 2. The predicted molar refractivity (Wildman–Crippen MR) is 89.2 cm³/mol. The van der Waals surface area contributed by atoms with Crippen molar-refractivity contribution in [2.24, 2.45) is 0 Å². The quantitative estimate of drug-likeness (QED) is 0.770. The molecule has 1 aromatic rings. The first-order valence-electron chi connectivity index (χ1n) is 7.59. The Hall–Kier alpha value is -1.59. The second-order valence-electron chi connectivity index (χ2n) is 5.28. The van der Waals surface area contributed by atoms with Gasteiger partial charge in [-0.25, -0.2) is 0 Å². The maximum atomic E-state index is 12.0. The molecule has 1 aromatic carbocycles. The van der Waals surface area contributed by atoms with Crippen LogP contribution in [0.4, 0.5) is 0 Å². The summed E-state index contributed by atoms with van der Waals surface area (Å²) < 4.78 is 0. The van der Waals surface area contributed by atoms with Crippen molar-refractivity contribution in [3.8, 4) is 0 Å². The first-order chi connectivity index (χ1) is 10.2. The van der Waals surface area contributed by atoms with Crippen LogP contribution in [0.15, 0.2) is 24.3 Å². The molecular formula is C16H24ClN3O2. The number of carbonyl (C=O) groups is 2. The van der Waals surface area contributed by atoms with Crippen LogP contribution in [0.2, 0.25) is 0 Å². The lowest BCUT2D eigenvalue weighted by Gasteiger charge is -2.22. The molecule has 0 bridgehead atoms. The molecule has 1 aliphatic heterocycles. The number of halogens is 1. The fraction of sp³-hybridized carbons (Fsp3) is 0.500. The molecular weight excluding hydrogens is 302 g/mol. The maximum Gasteiger partial charge on any atom is 0.251 e. The zero-order chi connectivity index (χ0) is 15.1. The number of hydrogen-bond acceptors (Lipinski definition) is 3. The summed E-state index contributed by atoms with van der Waals surface area (Å²) in [6, 6.07) is 7.25. The molecule has 0 aromatic heterocycles. The van der Waals surface area contributed by atoms with Gasteiger partial charge in [0.15, 0.2) is 0 Å². The van der Waals surface area contributed by atoms with E-state index in [-0.39, 0.29) is 30.3 Å². The summed E-state index contributed by atoms with van der Waals surface area (Å²) in [5, 5.41) is 8.93. The second kappa shape index (κ2) is 9.43. The fourth-order valence-electron chi connectivity index (χ4n) is 2.42. The largest absolute Gasteiger partial charge is 0.352 e.